The zero-order chi connectivity index (χ0) is 20.4. The van der Waals surface area contributed by atoms with Crippen molar-refractivity contribution >= 4 is 17.5 Å². The number of nitrogens with zero attached hydrogens (tertiary/aromatic N) is 1. The molecule has 1 N–H and O–H groups in total. The molecule has 0 radical (unpaired) electrons. The maximum absolute atomic E-state index is 12.3. The lowest BCUT2D eigenvalue weighted by atomic mass is 9.65. The maximum Gasteiger partial charge on any atom is 0.223 e. The van der Waals surface area contributed by atoms with Gasteiger partial charge in [0.15, 0.2) is 0 Å². The Balaban J connectivity index is 2.07. The van der Waals surface area contributed by atoms with Crippen molar-refractivity contribution < 1.29 is 4.79 Å². The van der Waals surface area contributed by atoms with Gasteiger partial charge in [0.25, 0.3) is 0 Å². The van der Waals surface area contributed by atoms with Crippen LogP contribution >= 0.6 is 11.6 Å². The molecule has 1 fully saturated rings. The minimum absolute atomic E-state index is 0.00108. The summed E-state index contributed by atoms with van der Waals surface area (Å²) in [7, 11) is 0. The normalized spacial score (nSPS) is 29.1. The summed E-state index contributed by atoms with van der Waals surface area (Å²) in [6, 6.07) is -0.00108. The molecule has 1 heterocycles. The van der Waals surface area contributed by atoms with Crippen LogP contribution in [0.2, 0.25) is 0 Å². The van der Waals surface area contributed by atoms with Gasteiger partial charge in [-0.05, 0) is 42.4 Å². The topological polar surface area (TPSA) is 32.3 Å². The fourth-order valence-electron chi connectivity index (χ4n) is 4.71. The Labute approximate surface area is 171 Å². The Morgan fingerprint density at radius 2 is 1.85 bits per heavy atom. The predicted octanol–water partition coefficient (Wildman–Crippen LogP) is 5.22. The van der Waals surface area contributed by atoms with E-state index in [1.54, 1.807) is 0 Å². The molecular weight excluding hydrogens is 356 g/mol. The van der Waals surface area contributed by atoms with Crippen molar-refractivity contribution in [1.82, 2.24) is 10.2 Å². The van der Waals surface area contributed by atoms with Crippen molar-refractivity contribution in [2.75, 3.05) is 13.1 Å². The lowest BCUT2D eigenvalue weighted by molar-refractivity contribution is -0.124. The van der Waals surface area contributed by atoms with Crippen LogP contribution in [0.4, 0.5) is 0 Å². The monoisotopic (exact) mass is 394 g/mol. The van der Waals surface area contributed by atoms with Crippen molar-refractivity contribution in [2.24, 2.45) is 29.1 Å². The average molecular weight is 395 g/mol. The first-order valence-corrected chi connectivity index (χ1v) is 11.0. The number of rotatable bonds is 6. The Hall–Kier alpha value is -0.960. The van der Waals surface area contributed by atoms with Gasteiger partial charge >= 0.3 is 0 Å². The first-order chi connectivity index (χ1) is 12.5. The summed E-state index contributed by atoms with van der Waals surface area (Å²) in [6.07, 6.45) is 7.99. The Morgan fingerprint density at radius 3 is 2.33 bits per heavy atom. The number of allylic oxidation sites excluding steroid dienone is 2. The largest absolute Gasteiger partial charge is 0.373 e. The Kier molecular flexibility index (Phi) is 7.47. The number of nitrogens with one attached hydrogen (secondary N) is 1. The quantitative estimate of drug-likeness (QED) is 0.494. The van der Waals surface area contributed by atoms with Crippen LogP contribution in [0.1, 0.15) is 60.8 Å². The van der Waals surface area contributed by atoms with E-state index in [-0.39, 0.29) is 28.7 Å². The van der Waals surface area contributed by atoms with E-state index in [0.29, 0.717) is 17.8 Å². The van der Waals surface area contributed by atoms with Crippen LogP contribution in [0.5, 0.6) is 0 Å². The average Bonchev–Trinajstić information content (AvgIpc) is 2.58. The van der Waals surface area contributed by atoms with Gasteiger partial charge < -0.3 is 10.2 Å². The highest BCUT2D eigenvalue weighted by Crippen LogP contribution is 2.44. The molecule has 0 aromatic heterocycles. The van der Waals surface area contributed by atoms with Gasteiger partial charge in [0, 0.05) is 24.7 Å². The van der Waals surface area contributed by atoms with Crippen molar-refractivity contribution in [3.8, 4) is 0 Å². The van der Waals surface area contributed by atoms with Crippen molar-refractivity contribution in [3.63, 3.8) is 0 Å². The van der Waals surface area contributed by atoms with E-state index in [2.05, 4.69) is 56.6 Å². The summed E-state index contributed by atoms with van der Waals surface area (Å²) in [5.74, 6) is 1.72. The zero-order valence-corrected chi connectivity index (χ0v) is 18.9. The SMILES string of the molecule is C=C([C@H](NC(=O)C(C)C)C(C)C)N1CC[C@H]([C@@H]2C=C[C@H](Cl)CC2)C(C)(C)C1. The minimum atomic E-state index is -0.00919. The van der Waals surface area contributed by atoms with Gasteiger partial charge in [-0.25, -0.2) is 0 Å². The van der Waals surface area contributed by atoms with E-state index < -0.39 is 0 Å². The third-order valence-corrected chi connectivity index (χ3v) is 6.79. The summed E-state index contributed by atoms with van der Waals surface area (Å²) in [5.41, 5.74) is 1.27. The molecule has 2 aliphatic rings. The molecule has 0 aromatic carbocycles. The van der Waals surface area contributed by atoms with E-state index in [1.165, 1.54) is 6.42 Å². The number of likely N-dealkylation sites (tertiary alicyclic amines) is 1. The van der Waals surface area contributed by atoms with Gasteiger partial charge in [-0.15, -0.1) is 11.6 Å². The molecule has 0 unspecified atom stereocenters. The molecule has 1 saturated heterocycles. The second kappa shape index (κ2) is 9.03. The van der Waals surface area contributed by atoms with E-state index in [4.69, 9.17) is 11.6 Å². The molecule has 1 aliphatic heterocycles. The second-order valence-electron chi connectivity index (χ2n) is 9.82. The summed E-state index contributed by atoms with van der Waals surface area (Å²) >= 11 is 6.24. The van der Waals surface area contributed by atoms with Crippen molar-refractivity contribution in [2.45, 2.75) is 72.2 Å². The molecule has 3 nitrogen and oxygen atoms in total. The lowest BCUT2D eigenvalue weighted by Gasteiger charge is -2.50. The Morgan fingerprint density at radius 1 is 1.19 bits per heavy atom. The van der Waals surface area contributed by atoms with Crippen molar-refractivity contribution in [1.29, 1.82) is 0 Å². The molecule has 154 valence electrons. The molecule has 4 atom stereocenters. The standard InChI is InChI=1S/C23H39ClN2O/c1-15(2)21(25-22(27)16(3)4)17(5)26-13-12-20(23(6,7)14-26)18-8-10-19(24)11-9-18/h8,10,15-16,18-21H,5,9,11-14H2,1-4,6-7H3,(H,25,27)/t18-,19+,20-,21-/m1/s1. The molecule has 0 aromatic rings. The Bertz CT molecular complexity index is 567. The second-order valence-corrected chi connectivity index (χ2v) is 10.4. The highest BCUT2D eigenvalue weighted by molar-refractivity contribution is 6.21. The van der Waals surface area contributed by atoms with Gasteiger partial charge in [-0.1, -0.05) is 60.3 Å². The molecule has 0 spiro atoms. The van der Waals surface area contributed by atoms with Gasteiger partial charge in [0.05, 0.1) is 11.4 Å². The number of hydrogen-bond acceptors (Lipinski definition) is 2. The van der Waals surface area contributed by atoms with Gasteiger partial charge in [-0.2, -0.15) is 0 Å². The first-order valence-electron chi connectivity index (χ1n) is 10.6. The van der Waals surface area contributed by atoms with Gasteiger partial charge in [0.1, 0.15) is 0 Å². The number of carbonyl (C=O) groups is 1. The van der Waals surface area contributed by atoms with Crippen LogP contribution in [0, 0.1) is 29.1 Å². The molecule has 4 heteroatoms. The molecule has 0 saturated carbocycles. The molecule has 27 heavy (non-hydrogen) atoms. The molecule has 2 rings (SSSR count). The third-order valence-electron chi connectivity index (χ3n) is 6.43. The molecule has 1 aliphatic carbocycles. The van der Waals surface area contributed by atoms with E-state index in [0.717, 1.165) is 31.6 Å². The number of alkyl halides is 1. The molecule has 1 amide bonds. The lowest BCUT2D eigenvalue weighted by Crippen LogP contribution is -2.52. The fraction of sp³-hybridized carbons (Fsp3) is 0.783. The summed E-state index contributed by atoms with van der Waals surface area (Å²) in [5, 5.41) is 3.42. The number of amides is 1. The van der Waals surface area contributed by atoms with Crippen LogP contribution in [-0.2, 0) is 4.79 Å². The highest BCUT2D eigenvalue weighted by atomic mass is 35.5. The van der Waals surface area contributed by atoms with Crippen LogP contribution in [0.3, 0.4) is 0 Å². The van der Waals surface area contributed by atoms with Gasteiger partial charge in [0.2, 0.25) is 5.91 Å². The number of halogens is 1. The smallest absolute Gasteiger partial charge is 0.223 e. The van der Waals surface area contributed by atoms with Crippen LogP contribution in [-0.4, -0.2) is 35.3 Å². The number of carbonyl (C=O) groups excluding carboxylic acids is 1. The highest BCUT2D eigenvalue weighted by Gasteiger charge is 2.41. The summed E-state index contributed by atoms with van der Waals surface area (Å²) in [4.78, 5) is 14.7. The van der Waals surface area contributed by atoms with Crippen LogP contribution < -0.4 is 5.32 Å². The predicted molar refractivity (Wildman–Crippen MR) is 116 cm³/mol. The summed E-state index contributed by atoms with van der Waals surface area (Å²) < 4.78 is 0. The minimum Gasteiger partial charge on any atom is -0.373 e. The van der Waals surface area contributed by atoms with Crippen molar-refractivity contribution in [3.05, 3.63) is 24.4 Å². The van der Waals surface area contributed by atoms with Gasteiger partial charge in [-0.3, -0.25) is 4.79 Å². The maximum atomic E-state index is 12.3. The first kappa shape index (κ1) is 22.3. The zero-order valence-electron chi connectivity index (χ0n) is 18.1. The van der Waals surface area contributed by atoms with Crippen LogP contribution in [0.25, 0.3) is 0 Å². The fourth-order valence-corrected chi connectivity index (χ4v) is 4.92. The van der Waals surface area contributed by atoms with Crippen LogP contribution in [0.15, 0.2) is 24.4 Å². The number of piperidine rings is 1. The van der Waals surface area contributed by atoms with E-state index >= 15 is 0 Å². The summed E-state index contributed by atoms with van der Waals surface area (Å²) in [6.45, 7) is 19.4. The van der Waals surface area contributed by atoms with E-state index in [9.17, 15) is 4.79 Å². The van der Waals surface area contributed by atoms with E-state index in [1.807, 2.05) is 13.8 Å². The molecule has 0 bridgehead atoms. The third kappa shape index (κ3) is 5.53. The number of hydrogen-bond donors (Lipinski definition) is 1. The molecular formula is C23H39ClN2O.